The zero-order valence-electron chi connectivity index (χ0n) is 5.94. The molecule has 0 saturated carbocycles. The molecule has 0 saturated heterocycles. The van der Waals surface area contributed by atoms with Crippen molar-refractivity contribution in [3.05, 3.63) is 33.5 Å². The van der Waals surface area contributed by atoms with Gasteiger partial charge in [-0.25, -0.2) is 4.39 Å². The van der Waals surface area contributed by atoms with Gasteiger partial charge < -0.3 is 0 Å². The molecule has 0 bridgehead atoms. The maximum atomic E-state index is 13.0. The predicted octanol–water partition coefficient (Wildman–Crippen LogP) is 3.35. The zero-order valence-corrected chi connectivity index (χ0v) is 9.11. The average molecular weight is 293 g/mol. The third-order valence-corrected chi connectivity index (χ3v) is 2.67. The van der Waals surface area contributed by atoms with Gasteiger partial charge in [0.1, 0.15) is 11.9 Å². The van der Waals surface area contributed by atoms with Gasteiger partial charge in [-0.2, -0.15) is 5.26 Å². The summed E-state index contributed by atoms with van der Waals surface area (Å²) < 4.78 is 13.6. The number of nitrogens with zero attached hydrogens (tertiary/aromatic N) is 1. The molecule has 0 atom stereocenters. The van der Waals surface area contributed by atoms with E-state index in [4.69, 9.17) is 5.26 Å². The normalized spacial score (nSPS) is 9.50. The smallest absolute Gasteiger partial charge is 0.128 e. The Morgan fingerprint density at radius 1 is 1.50 bits per heavy atom. The molecule has 4 heteroatoms. The Morgan fingerprint density at radius 3 is 2.58 bits per heavy atom. The molecule has 0 amide bonds. The van der Waals surface area contributed by atoms with E-state index in [0.717, 1.165) is 0 Å². The van der Waals surface area contributed by atoms with Crippen LogP contribution in [0, 0.1) is 17.1 Å². The second-order valence-electron chi connectivity index (χ2n) is 2.13. The molecular formula is C8H4Br2FN. The lowest BCUT2D eigenvalue weighted by atomic mass is 10.1. The maximum absolute atomic E-state index is 13.0. The molecule has 1 aromatic rings. The summed E-state index contributed by atoms with van der Waals surface area (Å²) in [6, 6.07) is 4.80. The Kier molecular flexibility index (Phi) is 3.24. The first-order valence-corrected chi connectivity index (χ1v) is 5.05. The van der Waals surface area contributed by atoms with Crippen LogP contribution in [0.1, 0.15) is 11.1 Å². The largest absolute Gasteiger partial charge is 0.207 e. The minimum Gasteiger partial charge on any atom is -0.207 e. The fourth-order valence-electron chi connectivity index (χ4n) is 0.845. The summed E-state index contributed by atoms with van der Waals surface area (Å²) in [6.07, 6.45) is 0. The first-order valence-electron chi connectivity index (χ1n) is 3.13. The van der Waals surface area contributed by atoms with Gasteiger partial charge in [0.15, 0.2) is 0 Å². The molecule has 0 fully saturated rings. The lowest BCUT2D eigenvalue weighted by Gasteiger charge is -2.02. The Labute approximate surface area is 86.5 Å². The molecule has 0 N–H and O–H groups in total. The summed E-state index contributed by atoms with van der Waals surface area (Å²) in [7, 11) is 0. The monoisotopic (exact) mass is 291 g/mol. The van der Waals surface area contributed by atoms with Crippen molar-refractivity contribution in [1.82, 2.24) is 0 Å². The molecular weight excluding hydrogens is 289 g/mol. The molecule has 0 aliphatic rings. The van der Waals surface area contributed by atoms with E-state index >= 15 is 0 Å². The fourth-order valence-corrected chi connectivity index (χ4v) is 1.85. The number of rotatable bonds is 1. The average Bonchev–Trinajstić information content (AvgIpc) is 2.08. The quantitative estimate of drug-likeness (QED) is 0.728. The summed E-state index contributed by atoms with van der Waals surface area (Å²) in [5.74, 6) is -0.355. The van der Waals surface area contributed by atoms with Crippen molar-refractivity contribution in [3.8, 4) is 6.07 Å². The second kappa shape index (κ2) is 4.01. The van der Waals surface area contributed by atoms with E-state index in [0.29, 0.717) is 20.9 Å². The van der Waals surface area contributed by atoms with E-state index in [9.17, 15) is 4.39 Å². The van der Waals surface area contributed by atoms with E-state index in [1.807, 2.05) is 6.07 Å². The molecule has 0 unspecified atom stereocenters. The van der Waals surface area contributed by atoms with E-state index in [1.165, 1.54) is 12.1 Å². The first-order chi connectivity index (χ1) is 5.70. The lowest BCUT2D eigenvalue weighted by Crippen LogP contribution is -1.92. The molecule has 0 aromatic heterocycles. The van der Waals surface area contributed by atoms with E-state index < -0.39 is 0 Å². The van der Waals surface area contributed by atoms with Crippen LogP contribution in [-0.2, 0) is 5.33 Å². The minimum absolute atomic E-state index is 0.348. The second-order valence-corrected chi connectivity index (χ2v) is 3.54. The maximum Gasteiger partial charge on any atom is 0.128 e. The van der Waals surface area contributed by atoms with Crippen molar-refractivity contribution in [2.24, 2.45) is 0 Å². The number of benzene rings is 1. The lowest BCUT2D eigenvalue weighted by molar-refractivity contribution is 0.616. The molecule has 62 valence electrons. The Bertz CT molecular complexity index is 344. The van der Waals surface area contributed by atoms with Crippen LogP contribution < -0.4 is 0 Å². The van der Waals surface area contributed by atoms with Crippen LogP contribution in [0.5, 0.6) is 0 Å². The Hall–Kier alpha value is -0.400. The van der Waals surface area contributed by atoms with E-state index in [2.05, 4.69) is 31.9 Å². The van der Waals surface area contributed by atoms with E-state index in [-0.39, 0.29) is 5.82 Å². The summed E-state index contributed by atoms with van der Waals surface area (Å²) >= 11 is 6.29. The summed E-state index contributed by atoms with van der Waals surface area (Å²) in [5.41, 5.74) is 0.749. The molecule has 1 nitrogen and oxygen atoms in total. The molecule has 12 heavy (non-hydrogen) atoms. The van der Waals surface area contributed by atoms with Crippen LogP contribution in [0.15, 0.2) is 16.6 Å². The van der Waals surface area contributed by atoms with Gasteiger partial charge >= 0.3 is 0 Å². The van der Waals surface area contributed by atoms with Crippen LogP contribution >= 0.6 is 31.9 Å². The van der Waals surface area contributed by atoms with Crippen molar-refractivity contribution < 1.29 is 4.39 Å². The summed E-state index contributed by atoms with van der Waals surface area (Å²) in [4.78, 5) is 0. The van der Waals surface area contributed by atoms with Crippen LogP contribution in [0.4, 0.5) is 4.39 Å². The summed E-state index contributed by atoms with van der Waals surface area (Å²) in [6.45, 7) is 0. The van der Waals surface area contributed by atoms with Crippen molar-refractivity contribution in [3.63, 3.8) is 0 Å². The predicted molar refractivity (Wildman–Crippen MR) is 51.4 cm³/mol. The number of nitriles is 1. The molecule has 1 aromatic carbocycles. The number of hydrogen-bond donors (Lipinski definition) is 0. The molecule has 0 aliphatic carbocycles. The van der Waals surface area contributed by atoms with Crippen LogP contribution in [0.2, 0.25) is 0 Å². The highest BCUT2D eigenvalue weighted by Crippen LogP contribution is 2.24. The van der Waals surface area contributed by atoms with Gasteiger partial charge in [-0.05, 0) is 28.1 Å². The van der Waals surface area contributed by atoms with E-state index in [1.54, 1.807) is 0 Å². The van der Waals surface area contributed by atoms with Gasteiger partial charge in [0, 0.05) is 15.4 Å². The topological polar surface area (TPSA) is 23.8 Å². The molecule has 0 radical (unpaired) electrons. The molecule has 0 spiro atoms. The first kappa shape index (κ1) is 9.69. The Morgan fingerprint density at radius 2 is 2.17 bits per heavy atom. The van der Waals surface area contributed by atoms with Gasteiger partial charge in [-0.3, -0.25) is 0 Å². The highest BCUT2D eigenvalue weighted by Gasteiger charge is 2.09. The number of alkyl halides is 1. The summed E-state index contributed by atoms with van der Waals surface area (Å²) in [5, 5.41) is 9.04. The van der Waals surface area contributed by atoms with Crippen LogP contribution in [0.25, 0.3) is 0 Å². The van der Waals surface area contributed by atoms with Gasteiger partial charge in [0.2, 0.25) is 0 Å². The Balaban J connectivity index is 3.41. The highest BCUT2D eigenvalue weighted by molar-refractivity contribution is 9.10. The van der Waals surface area contributed by atoms with Crippen LogP contribution in [-0.4, -0.2) is 0 Å². The van der Waals surface area contributed by atoms with Crippen molar-refractivity contribution in [2.45, 2.75) is 5.33 Å². The van der Waals surface area contributed by atoms with Gasteiger partial charge in [-0.1, -0.05) is 15.9 Å². The van der Waals surface area contributed by atoms with Gasteiger partial charge in [0.05, 0.1) is 5.56 Å². The number of hydrogen-bond acceptors (Lipinski definition) is 1. The SMILES string of the molecule is N#Cc1c(Br)ccc(F)c1CBr. The zero-order chi connectivity index (χ0) is 9.14. The minimum atomic E-state index is -0.355. The molecule has 1 rings (SSSR count). The van der Waals surface area contributed by atoms with Crippen molar-refractivity contribution in [2.75, 3.05) is 0 Å². The third-order valence-electron chi connectivity index (χ3n) is 1.45. The third kappa shape index (κ3) is 1.67. The van der Waals surface area contributed by atoms with Gasteiger partial charge in [-0.15, -0.1) is 0 Å². The molecule has 0 aliphatic heterocycles. The highest BCUT2D eigenvalue weighted by atomic mass is 79.9. The standard InChI is InChI=1S/C8H4Br2FN/c9-3-5-6(4-12)7(10)1-2-8(5)11/h1-2H,3H2. The van der Waals surface area contributed by atoms with Crippen LogP contribution in [0.3, 0.4) is 0 Å². The molecule has 0 heterocycles. The van der Waals surface area contributed by atoms with Crippen molar-refractivity contribution in [1.29, 1.82) is 5.26 Å². The van der Waals surface area contributed by atoms with Gasteiger partial charge in [0.25, 0.3) is 0 Å². The fraction of sp³-hybridized carbons (Fsp3) is 0.125. The number of halogens is 3. The van der Waals surface area contributed by atoms with Crippen molar-refractivity contribution >= 4 is 31.9 Å².